The quantitative estimate of drug-likeness (QED) is 0.279. The van der Waals surface area contributed by atoms with Crippen LogP contribution in [0.3, 0.4) is 0 Å². The van der Waals surface area contributed by atoms with Crippen molar-refractivity contribution in [3.8, 4) is 0 Å². The molecule has 0 heterocycles. The van der Waals surface area contributed by atoms with Crippen LogP contribution in [0.4, 0.5) is 26.3 Å². The van der Waals surface area contributed by atoms with Gasteiger partial charge in [0.15, 0.2) is 0 Å². The van der Waals surface area contributed by atoms with Crippen molar-refractivity contribution in [3.05, 3.63) is 21.3 Å². The normalized spacial score (nSPS) is 16.4. The van der Waals surface area contributed by atoms with E-state index >= 15 is 0 Å². The van der Waals surface area contributed by atoms with Crippen LogP contribution >= 0.6 is 0 Å². The Balaban J connectivity index is -0.000000411. The molecule has 4 unspecified atom stereocenters. The Hall–Kier alpha value is -0.0605. The summed E-state index contributed by atoms with van der Waals surface area (Å²) in [6.45, 7) is 4.97. The van der Waals surface area contributed by atoms with Crippen molar-refractivity contribution in [2.45, 2.75) is 77.1 Å². The zero-order valence-corrected chi connectivity index (χ0v) is 17.4. The zero-order valence-electron chi connectivity index (χ0n) is 16.5. The summed E-state index contributed by atoms with van der Waals surface area (Å²) in [5.41, 5.74) is 0. The molecule has 0 aromatic carbocycles. The molecule has 0 spiro atoms. The summed E-state index contributed by atoms with van der Waals surface area (Å²) in [5, 5.41) is 14.9. The third kappa shape index (κ3) is 25.9. The summed E-state index contributed by atoms with van der Waals surface area (Å²) in [5.74, 6) is 0. The van der Waals surface area contributed by atoms with E-state index < -0.39 is 25.4 Å². The summed E-state index contributed by atoms with van der Waals surface area (Å²) in [4.78, 5) is 0. The van der Waals surface area contributed by atoms with Crippen LogP contribution in [0.15, 0.2) is 0 Å². The first-order chi connectivity index (χ1) is 11.7. The van der Waals surface area contributed by atoms with Crippen molar-refractivity contribution in [3.63, 3.8) is 0 Å². The Kier molecular flexibility index (Phi) is 18.5. The number of halogens is 6. The Bertz CT molecular complexity index is 310. The van der Waals surface area contributed by atoms with Crippen molar-refractivity contribution in [1.29, 1.82) is 0 Å². The maximum Gasteiger partial charge on any atom is 0.371 e. The van der Waals surface area contributed by atoms with Gasteiger partial charge in [0.1, 0.15) is 0 Å². The molecule has 0 aliphatic rings. The average Bonchev–Trinajstić information content (AvgIpc) is 2.50. The monoisotopic (exact) mass is 455 g/mol. The van der Waals surface area contributed by atoms with Crippen LogP contribution in [-0.4, -0.2) is 63.7 Å². The van der Waals surface area contributed by atoms with Crippen LogP contribution in [0, 0.1) is 0 Å². The Morgan fingerprint density at radius 1 is 0.593 bits per heavy atom. The zero-order chi connectivity index (χ0) is 21.0. The Morgan fingerprint density at radius 2 is 0.852 bits per heavy atom. The van der Waals surface area contributed by atoms with Crippen LogP contribution in [0.25, 0.3) is 21.3 Å². The Labute approximate surface area is 169 Å². The van der Waals surface area contributed by atoms with E-state index in [-0.39, 0.29) is 41.2 Å². The molecular formula is C16H30CuF6N4-4. The van der Waals surface area contributed by atoms with Gasteiger partial charge < -0.3 is 21.3 Å². The molecule has 1 radical (unpaired) electrons. The third-order valence-corrected chi connectivity index (χ3v) is 3.41. The predicted molar refractivity (Wildman–Crippen MR) is 94.2 cm³/mol. The minimum Gasteiger partial charge on any atom is -0.663 e. The molecule has 0 rings (SSSR count). The van der Waals surface area contributed by atoms with E-state index in [1.165, 1.54) is 0 Å². The van der Waals surface area contributed by atoms with Crippen molar-refractivity contribution in [1.82, 2.24) is 0 Å². The van der Waals surface area contributed by atoms with Gasteiger partial charge in [0.25, 0.3) is 0 Å². The number of hydrogen-bond acceptors (Lipinski definition) is 0. The van der Waals surface area contributed by atoms with Gasteiger partial charge in [-0.05, 0) is 0 Å². The molecule has 4 nitrogen and oxygen atoms in total. The molecule has 0 bridgehead atoms. The fourth-order valence-electron chi connectivity index (χ4n) is 1.87. The summed E-state index contributed by atoms with van der Waals surface area (Å²) in [6.07, 6.45) is -7.21. The van der Waals surface area contributed by atoms with E-state index in [2.05, 4.69) is 21.3 Å². The molecule has 0 fully saturated rings. The molecule has 0 aromatic rings. The van der Waals surface area contributed by atoms with Gasteiger partial charge in [0.2, 0.25) is 0 Å². The van der Waals surface area contributed by atoms with E-state index in [4.69, 9.17) is 0 Å². The van der Waals surface area contributed by atoms with Crippen molar-refractivity contribution in [2.24, 2.45) is 0 Å². The first-order valence-corrected chi connectivity index (χ1v) is 8.34. The van der Waals surface area contributed by atoms with Gasteiger partial charge in [-0.1, -0.05) is 53.6 Å². The van der Waals surface area contributed by atoms with Gasteiger partial charge in [0.05, 0.1) is 0 Å². The molecule has 4 atom stereocenters. The largest absolute Gasteiger partial charge is 0.663 e. The van der Waals surface area contributed by atoms with Crippen molar-refractivity contribution >= 4 is 0 Å². The van der Waals surface area contributed by atoms with E-state index in [1.54, 1.807) is 27.9 Å². The molecule has 11 heteroatoms. The van der Waals surface area contributed by atoms with Crippen molar-refractivity contribution in [2.75, 3.05) is 27.2 Å². The minimum atomic E-state index is -4.18. The molecule has 0 N–H and O–H groups in total. The molecule has 0 saturated carbocycles. The van der Waals surface area contributed by atoms with Gasteiger partial charge in [-0.15, -0.1) is 24.2 Å². The van der Waals surface area contributed by atoms with Gasteiger partial charge in [-0.25, -0.2) is 0 Å². The summed E-state index contributed by atoms with van der Waals surface area (Å²) in [7, 11) is 3.31. The standard InChI is InChI=1S/2C8H15F3N2.Cu/c2*1-6(12-3)4-7(2)13-5-8(9,10)11;/h2*6-7H,4-5H2,1-3H3;/q2*-2;. The molecule has 0 aromatic heterocycles. The van der Waals surface area contributed by atoms with E-state index in [0.29, 0.717) is 12.8 Å². The van der Waals surface area contributed by atoms with E-state index in [9.17, 15) is 26.3 Å². The second-order valence-corrected chi connectivity index (χ2v) is 6.30. The van der Waals surface area contributed by atoms with Crippen molar-refractivity contribution < 1.29 is 43.4 Å². The van der Waals surface area contributed by atoms with Gasteiger partial charge in [-0.3, -0.25) is 0 Å². The van der Waals surface area contributed by atoms with Crippen LogP contribution in [0.5, 0.6) is 0 Å². The molecule has 0 aliphatic heterocycles. The second-order valence-electron chi connectivity index (χ2n) is 6.30. The van der Waals surface area contributed by atoms with E-state index in [1.807, 2.05) is 13.8 Å². The maximum atomic E-state index is 11.7. The molecule has 0 saturated heterocycles. The third-order valence-electron chi connectivity index (χ3n) is 3.41. The molecule has 0 amide bonds. The molecule has 171 valence electrons. The smallest absolute Gasteiger partial charge is 0.371 e. The summed E-state index contributed by atoms with van der Waals surface area (Å²) < 4.78 is 70.3. The number of hydrogen-bond donors (Lipinski definition) is 0. The van der Waals surface area contributed by atoms with Gasteiger partial charge in [0, 0.05) is 17.1 Å². The number of alkyl halides is 6. The first-order valence-electron chi connectivity index (χ1n) is 8.34. The molecular weight excluding hydrogens is 426 g/mol. The fraction of sp³-hybridized carbons (Fsp3) is 1.00. The predicted octanol–water partition coefficient (Wildman–Crippen LogP) is 6.18. The Morgan fingerprint density at radius 3 is 1.04 bits per heavy atom. The minimum absolute atomic E-state index is 0. The second kappa shape index (κ2) is 15.8. The van der Waals surface area contributed by atoms with Crippen LogP contribution in [0.2, 0.25) is 0 Å². The fourth-order valence-corrected chi connectivity index (χ4v) is 1.87. The number of nitrogens with zero attached hydrogens (tertiary/aromatic N) is 4. The summed E-state index contributed by atoms with van der Waals surface area (Å²) in [6, 6.07) is -0.403. The van der Waals surface area contributed by atoms with Crippen LogP contribution in [0.1, 0.15) is 40.5 Å². The topological polar surface area (TPSA) is 56.4 Å². The SMILES string of the molecule is C[N-]C(C)CC(C)[N-]CC(F)(F)F.C[N-]C(C)CC(C)[N-]CC(F)(F)F.[Cu]. The first kappa shape index (κ1) is 31.6. The van der Waals surface area contributed by atoms with Crippen LogP contribution in [-0.2, 0) is 17.1 Å². The van der Waals surface area contributed by atoms with E-state index in [0.717, 1.165) is 0 Å². The summed E-state index contributed by atoms with van der Waals surface area (Å²) >= 11 is 0. The molecule has 0 aliphatic carbocycles. The maximum absolute atomic E-state index is 11.7. The van der Waals surface area contributed by atoms with Gasteiger partial charge in [-0.2, -0.15) is 40.4 Å². The average molecular weight is 456 g/mol. The molecule has 27 heavy (non-hydrogen) atoms. The van der Waals surface area contributed by atoms with Crippen LogP contribution < -0.4 is 0 Å². The number of rotatable bonds is 10. The van der Waals surface area contributed by atoms with Gasteiger partial charge >= 0.3 is 12.4 Å².